The van der Waals surface area contributed by atoms with Crippen molar-refractivity contribution >= 4 is 49.1 Å². The van der Waals surface area contributed by atoms with Gasteiger partial charge in [0.15, 0.2) is 5.13 Å². The fraction of sp³-hybridized carbons (Fsp3) is 0.0526. The molecule has 26 heavy (non-hydrogen) atoms. The summed E-state index contributed by atoms with van der Waals surface area (Å²) < 4.78 is 11.6. The highest BCUT2D eigenvalue weighted by molar-refractivity contribution is 9.10. The van der Waals surface area contributed by atoms with Crippen LogP contribution in [0.15, 0.2) is 67.6 Å². The molecule has 0 spiro atoms. The maximum Gasteiger partial charge on any atom is 0.345 e. The van der Waals surface area contributed by atoms with Gasteiger partial charge in [-0.1, -0.05) is 12.1 Å². The summed E-state index contributed by atoms with van der Waals surface area (Å²) in [6, 6.07) is 14.9. The predicted molar refractivity (Wildman–Crippen MR) is 108 cm³/mol. The normalized spacial score (nSPS) is 10.8. The Labute approximate surface area is 161 Å². The topological polar surface area (TPSA) is 64.4 Å². The van der Waals surface area contributed by atoms with Crippen molar-refractivity contribution in [3.63, 3.8) is 0 Å². The summed E-state index contributed by atoms with van der Waals surface area (Å²) in [5.41, 5.74) is 2.00. The SMILES string of the molecule is COc1ccc2oc(=O)c(-c3csc(Nc4ccccc4Br)n3)cc2c1. The zero-order valence-corrected chi connectivity index (χ0v) is 16.1. The van der Waals surface area contributed by atoms with E-state index in [2.05, 4.69) is 26.2 Å². The van der Waals surface area contributed by atoms with Gasteiger partial charge in [-0.15, -0.1) is 11.3 Å². The van der Waals surface area contributed by atoms with Crippen LogP contribution in [0.3, 0.4) is 0 Å². The number of halogens is 1. The molecule has 7 heteroatoms. The van der Waals surface area contributed by atoms with Gasteiger partial charge in [0.2, 0.25) is 0 Å². The highest BCUT2D eigenvalue weighted by Crippen LogP contribution is 2.30. The summed E-state index contributed by atoms with van der Waals surface area (Å²) in [7, 11) is 1.60. The Morgan fingerprint density at radius 1 is 1.19 bits per heavy atom. The zero-order chi connectivity index (χ0) is 18.1. The molecule has 5 nitrogen and oxygen atoms in total. The van der Waals surface area contributed by atoms with Gasteiger partial charge in [-0.05, 0) is 52.3 Å². The molecule has 2 heterocycles. The highest BCUT2D eigenvalue weighted by Gasteiger charge is 2.13. The first-order valence-electron chi connectivity index (χ1n) is 7.73. The van der Waals surface area contributed by atoms with E-state index in [1.165, 1.54) is 11.3 Å². The standard InChI is InChI=1S/C19H13BrN2O3S/c1-24-12-6-7-17-11(8-12)9-13(18(23)25-17)16-10-26-19(22-16)21-15-5-3-2-4-14(15)20/h2-10H,1H3,(H,21,22). The number of methoxy groups -OCH3 is 1. The number of benzene rings is 2. The number of fused-ring (bicyclic) bond motifs is 1. The second-order valence-corrected chi connectivity index (χ2v) is 7.21. The quantitative estimate of drug-likeness (QED) is 0.438. The van der Waals surface area contributed by atoms with E-state index < -0.39 is 5.63 Å². The van der Waals surface area contributed by atoms with E-state index in [0.717, 1.165) is 15.5 Å². The number of hydrogen-bond donors (Lipinski definition) is 1. The molecule has 0 amide bonds. The number of nitrogens with one attached hydrogen (secondary N) is 1. The van der Waals surface area contributed by atoms with Crippen molar-refractivity contribution < 1.29 is 9.15 Å². The molecule has 0 aliphatic heterocycles. The molecule has 2 aromatic heterocycles. The maximum atomic E-state index is 12.3. The smallest absolute Gasteiger partial charge is 0.345 e. The molecule has 0 fully saturated rings. The third-order valence-electron chi connectivity index (χ3n) is 3.83. The number of thiazole rings is 1. The molecule has 0 atom stereocenters. The Bertz CT molecular complexity index is 1150. The van der Waals surface area contributed by atoms with Gasteiger partial charge in [0.1, 0.15) is 11.3 Å². The molecule has 0 bridgehead atoms. The van der Waals surface area contributed by atoms with E-state index in [1.54, 1.807) is 25.3 Å². The number of ether oxygens (including phenoxy) is 1. The summed E-state index contributed by atoms with van der Waals surface area (Å²) in [5, 5.41) is 6.55. The van der Waals surface area contributed by atoms with Gasteiger partial charge in [0.05, 0.1) is 24.1 Å². The third kappa shape index (κ3) is 3.23. The van der Waals surface area contributed by atoms with Crippen LogP contribution in [-0.2, 0) is 0 Å². The monoisotopic (exact) mass is 428 g/mol. The second-order valence-electron chi connectivity index (χ2n) is 5.49. The first-order chi connectivity index (χ1) is 12.6. The first-order valence-corrected chi connectivity index (χ1v) is 9.40. The Hall–Kier alpha value is -2.64. The second kappa shape index (κ2) is 6.93. The lowest BCUT2D eigenvalue weighted by atomic mass is 10.1. The predicted octanol–water partition coefficient (Wildman–Crippen LogP) is 5.43. The van der Waals surface area contributed by atoms with Crippen molar-refractivity contribution in [1.82, 2.24) is 4.98 Å². The Morgan fingerprint density at radius 3 is 2.85 bits per heavy atom. The molecule has 4 aromatic rings. The van der Waals surface area contributed by atoms with Crippen LogP contribution in [0.2, 0.25) is 0 Å². The first kappa shape index (κ1) is 16.8. The molecule has 0 saturated carbocycles. The number of nitrogens with zero attached hydrogens (tertiary/aromatic N) is 1. The van der Waals surface area contributed by atoms with E-state index >= 15 is 0 Å². The molecular formula is C19H13BrN2O3S. The average Bonchev–Trinajstić information content (AvgIpc) is 3.11. The van der Waals surface area contributed by atoms with Crippen molar-refractivity contribution in [2.24, 2.45) is 0 Å². The van der Waals surface area contributed by atoms with Crippen molar-refractivity contribution in [3.05, 3.63) is 68.8 Å². The minimum atomic E-state index is -0.416. The highest BCUT2D eigenvalue weighted by atomic mass is 79.9. The number of para-hydroxylation sites is 1. The maximum absolute atomic E-state index is 12.3. The van der Waals surface area contributed by atoms with Gasteiger partial charge in [-0.2, -0.15) is 0 Å². The third-order valence-corrected chi connectivity index (χ3v) is 5.28. The van der Waals surface area contributed by atoms with Crippen LogP contribution in [0.25, 0.3) is 22.2 Å². The lowest BCUT2D eigenvalue weighted by Gasteiger charge is -2.04. The van der Waals surface area contributed by atoms with Gasteiger partial charge in [0.25, 0.3) is 0 Å². The fourth-order valence-corrected chi connectivity index (χ4v) is 3.65. The minimum Gasteiger partial charge on any atom is -0.497 e. The molecule has 0 unspecified atom stereocenters. The van der Waals surface area contributed by atoms with Crippen molar-refractivity contribution in [2.45, 2.75) is 0 Å². The molecule has 0 radical (unpaired) electrons. The van der Waals surface area contributed by atoms with Crippen LogP contribution < -0.4 is 15.7 Å². The molecule has 0 aliphatic rings. The van der Waals surface area contributed by atoms with Crippen LogP contribution in [-0.4, -0.2) is 12.1 Å². The van der Waals surface area contributed by atoms with Crippen LogP contribution in [0.1, 0.15) is 0 Å². The van der Waals surface area contributed by atoms with Gasteiger partial charge in [-0.3, -0.25) is 0 Å². The zero-order valence-electron chi connectivity index (χ0n) is 13.7. The van der Waals surface area contributed by atoms with Crippen molar-refractivity contribution in [2.75, 3.05) is 12.4 Å². The van der Waals surface area contributed by atoms with Crippen LogP contribution >= 0.6 is 27.3 Å². The lowest BCUT2D eigenvalue weighted by molar-refractivity contribution is 0.415. The number of aromatic nitrogens is 1. The lowest BCUT2D eigenvalue weighted by Crippen LogP contribution is -2.03. The molecule has 0 aliphatic carbocycles. The van der Waals surface area contributed by atoms with Crippen molar-refractivity contribution in [1.29, 1.82) is 0 Å². The van der Waals surface area contributed by atoms with Crippen LogP contribution in [0.4, 0.5) is 10.8 Å². The molecule has 0 saturated heterocycles. The van der Waals surface area contributed by atoms with Gasteiger partial charge in [-0.25, -0.2) is 9.78 Å². The Morgan fingerprint density at radius 2 is 2.04 bits per heavy atom. The molecular weight excluding hydrogens is 416 g/mol. The van der Waals surface area contributed by atoms with Crippen LogP contribution in [0, 0.1) is 0 Å². The number of anilines is 2. The number of rotatable bonds is 4. The molecule has 1 N–H and O–H groups in total. The van der Waals surface area contributed by atoms with Crippen molar-refractivity contribution in [3.8, 4) is 17.0 Å². The number of hydrogen-bond acceptors (Lipinski definition) is 6. The molecule has 2 aromatic carbocycles. The Balaban J connectivity index is 1.72. The van der Waals surface area contributed by atoms with E-state index in [0.29, 0.717) is 27.7 Å². The van der Waals surface area contributed by atoms with Gasteiger partial charge in [0, 0.05) is 15.2 Å². The van der Waals surface area contributed by atoms with E-state index in [-0.39, 0.29) is 0 Å². The fourth-order valence-electron chi connectivity index (χ4n) is 2.54. The summed E-state index contributed by atoms with van der Waals surface area (Å²) in [6.45, 7) is 0. The average molecular weight is 429 g/mol. The van der Waals surface area contributed by atoms with Gasteiger partial charge >= 0.3 is 5.63 Å². The summed E-state index contributed by atoms with van der Waals surface area (Å²) in [4.78, 5) is 16.9. The van der Waals surface area contributed by atoms with E-state index in [9.17, 15) is 4.79 Å². The van der Waals surface area contributed by atoms with E-state index in [4.69, 9.17) is 9.15 Å². The Kier molecular flexibility index (Phi) is 4.48. The summed E-state index contributed by atoms with van der Waals surface area (Å²) >= 11 is 4.92. The summed E-state index contributed by atoms with van der Waals surface area (Å²) in [6.07, 6.45) is 0. The molecule has 4 rings (SSSR count). The van der Waals surface area contributed by atoms with Crippen LogP contribution in [0.5, 0.6) is 5.75 Å². The molecule has 130 valence electrons. The minimum absolute atomic E-state index is 0.416. The summed E-state index contributed by atoms with van der Waals surface area (Å²) in [5.74, 6) is 0.701. The van der Waals surface area contributed by atoms with Gasteiger partial charge < -0.3 is 14.5 Å². The van der Waals surface area contributed by atoms with E-state index in [1.807, 2.05) is 35.7 Å². The largest absolute Gasteiger partial charge is 0.497 e.